The fraction of sp³-hybridized carbons (Fsp3) is 0.375. The standard InChI is InChI=1S/C16H21NOS/c1-4-14(16-10-7-11-19-16)17-12(2)13-8-5-6-9-15(13)18-3/h5-12,14,17H,4H2,1-3H3. The lowest BCUT2D eigenvalue weighted by molar-refractivity contribution is 0.393. The molecule has 2 rings (SSSR count). The molecule has 1 heterocycles. The van der Waals surface area contributed by atoms with Crippen molar-refractivity contribution in [2.75, 3.05) is 7.11 Å². The van der Waals surface area contributed by atoms with Gasteiger partial charge in [0.15, 0.2) is 0 Å². The number of rotatable bonds is 6. The van der Waals surface area contributed by atoms with Gasteiger partial charge in [0.2, 0.25) is 0 Å². The van der Waals surface area contributed by atoms with E-state index >= 15 is 0 Å². The molecule has 0 aliphatic heterocycles. The van der Waals surface area contributed by atoms with Crippen LogP contribution in [0.4, 0.5) is 0 Å². The summed E-state index contributed by atoms with van der Waals surface area (Å²) in [6, 6.07) is 13.2. The lowest BCUT2D eigenvalue weighted by Gasteiger charge is -2.23. The number of ether oxygens (including phenoxy) is 1. The van der Waals surface area contributed by atoms with Crippen LogP contribution in [-0.2, 0) is 0 Å². The first kappa shape index (κ1) is 14.1. The van der Waals surface area contributed by atoms with Crippen LogP contribution in [0, 0.1) is 0 Å². The minimum atomic E-state index is 0.267. The van der Waals surface area contributed by atoms with Gasteiger partial charge in [0.25, 0.3) is 0 Å². The molecule has 0 saturated heterocycles. The normalized spacial score (nSPS) is 14.1. The zero-order chi connectivity index (χ0) is 13.7. The SMILES string of the molecule is CCC(NC(C)c1ccccc1OC)c1cccs1. The molecule has 2 aromatic rings. The molecule has 102 valence electrons. The fourth-order valence-corrected chi connectivity index (χ4v) is 3.18. The number of para-hydroxylation sites is 1. The third-order valence-electron chi connectivity index (χ3n) is 3.35. The molecule has 0 fully saturated rings. The van der Waals surface area contributed by atoms with Gasteiger partial charge in [-0.25, -0.2) is 0 Å². The first-order valence-corrected chi connectivity index (χ1v) is 7.56. The Hall–Kier alpha value is -1.32. The predicted molar refractivity (Wildman–Crippen MR) is 81.9 cm³/mol. The first-order chi connectivity index (χ1) is 9.26. The van der Waals surface area contributed by atoms with Crippen molar-refractivity contribution < 1.29 is 4.74 Å². The number of thiophene rings is 1. The summed E-state index contributed by atoms with van der Waals surface area (Å²) in [7, 11) is 1.72. The van der Waals surface area contributed by atoms with Gasteiger partial charge in [0.05, 0.1) is 7.11 Å². The first-order valence-electron chi connectivity index (χ1n) is 6.68. The van der Waals surface area contributed by atoms with Crippen molar-refractivity contribution in [1.82, 2.24) is 5.32 Å². The molecule has 19 heavy (non-hydrogen) atoms. The summed E-state index contributed by atoms with van der Waals surface area (Å²) in [5.41, 5.74) is 1.21. The van der Waals surface area contributed by atoms with Crippen LogP contribution in [0.15, 0.2) is 41.8 Å². The molecule has 0 amide bonds. The average Bonchev–Trinajstić information content (AvgIpc) is 2.98. The molecule has 2 unspecified atom stereocenters. The van der Waals surface area contributed by atoms with Crippen LogP contribution in [-0.4, -0.2) is 7.11 Å². The second kappa shape index (κ2) is 6.73. The number of hydrogen-bond acceptors (Lipinski definition) is 3. The summed E-state index contributed by atoms with van der Waals surface area (Å²) >= 11 is 1.81. The predicted octanol–water partition coefficient (Wildman–Crippen LogP) is 4.56. The molecular formula is C16H21NOS. The van der Waals surface area contributed by atoms with Crippen LogP contribution in [0.5, 0.6) is 5.75 Å². The van der Waals surface area contributed by atoms with E-state index < -0.39 is 0 Å². The molecule has 1 aromatic carbocycles. The number of methoxy groups -OCH3 is 1. The summed E-state index contributed by atoms with van der Waals surface area (Å²) in [6.45, 7) is 4.40. The lowest BCUT2D eigenvalue weighted by atomic mass is 10.0. The average molecular weight is 275 g/mol. The minimum Gasteiger partial charge on any atom is -0.496 e. The Kier molecular flexibility index (Phi) is 5.00. The van der Waals surface area contributed by atoms with Crippen molar-refractivity contribution in [2.24, 2.45) is 0 Å². The summed E-state index contributed by atoms with van der Waals surface area (Å²) < 4.78 is 5.43. The maximum atomic E-state index is 5.43. The Labute approximate surface area is 119 Å². The fourth-order valence-electron chi connectivity index (χ4n) is 2.31. The lowest BCUT2D eigenvalue weighted by Crippen LogP contribution is -2.23. The van der Waals surface area contributed by atoms with Gasteiger partial charge in [-0.3, -0.25) is 0 Å². The van der Waals surface area contributed by atoms with Crippen LogP contribution in [0.25, 0.3) is 0 Å². The quantitative estimate of drug-likeness (QED) is 0.834. The molecule has 0 spiro atoms. The van der Waals surface area contributed by atoms with Crippen molar-refractivity contribution in [2.45, 2.75) is 32.4 Å². The van der Waals surface area contributed by atoms with E-state index in [-0.39, 0.29) is 6.04 Å². The molecule has 1 aromatic heterocycles. The van der Waals surface area contributed by atoms with Gasteiger partial charge < -0.3 is 10.1 Å². The Bertz CT molecular complexity index is 495. The highest BCUT2D eigenvalue weighted by Gasteiger charge is 2.16. The molecule has 1 N–H and O–H groups in total. The Morgan fingerprint density at radius 1 is 1.21 bits per heavy atom. The third kappa shape index (κ3) is 3.37. The van der Waals surface area contributed by atoms with Crippen molar-refractivity contribution >= 4 is 11.3 Å². The van der Waals surface area contributed by atoms with Crippen molar-refractivity contribution in [1.29, 1.82) is 0 Å². The molecule has 2 nitrogen and oxygen atoms in total. The van der Waals surface area contributed by atoms with Gasteiger partial charge in [0, 0.05) is 22.5 Å². The molecule has 0 saturated carbocycles. The van der Waals surface area contributed by atoms with Gasteiger partial charge >= 0.3 is 0 Å². The zero-order valence-corrected chi connectivity index (χ0v) is 12.5. The molecule has 0 bridgehead atoms. The van der Waals surface area contributed by atoms with E-state index in [0.717, 1.165) is 12.2 Å². The minimum absolute atomic E-state index is 0.267. The summed E-state index contributed by atoms with van der Waals surface area (Å²) in [6.07, 6.45) is 1.08. The number of hydrogen-bond donors (Lipinski definition) is 1. The molecule has 3 heteroatoms. The van der Waals surface area contributed by atoms with Gasteiger partial charge in [-0.15, -0.1) is 11.3 Å². The largest absolute Gasteiger partial charge is 0.496 e. The highest BCUT2D eigenvalue weighted by Crippen LogP contribution is 2.29. The van der Waals surface area contributed by atoms with Gasteiger partial charge in [-0.2, -0.15) is 0 Å². The van der Waals surface area contributed by atoms with Crippen LogP contribution < -0.4 is 10.1 Å². The van der Waals surface area contributed by atoms with E-state index in [1.54, 1.807) is 7.11 Å². The maximum Gasteiger partial charge on any atom is 0.123 e. The molecule has 0 radical (unpaired) electrons. The third-order valence-corrected chi connectivity index (χ3v) is 4.34. The van der Waals surface area contributed by atoms with E-state index in [1.165, 1.54) is 10.4 Å². The second-order valence-corrected chi connectivity index (χ2v) is 5.59. The van der Waals surface area contributed by atoms with Crippen molar-refractivity contribution in [3.05, 3.63) is 52.2 Å². The van der Waals surface area contributed by atoms with Crippen molar-refractivity contribution in [3.8, 4) is 5.75 Å². The molecule has 0 aliphatic rings. The zero-order valence-electron chi connectivity index (χ0n) is 11.7. The van der Waals surface area contributed by atoms with E-state index in [1.807, 2.05) is 23.5 Å². The summed E-state index contributed by atoms with van der Waals surface area (Å²) in [5, 5.41) is 5.82. The van der Waals surface area contributed by atoms with E-state index in [4.69, 9.17) is 4.74 Å². The topological polar surface area (TPSA) is 21.3 Å². The van der Waals surface area contributed by atoms with Crippen LogP contribution in [0.3, 0.4) is 0 Å². The monoisotopic (exact) mass is 275 g/mol. The molecule has 2 atom stereocenters. The molecular weight excluding hydrogens is 254 g/mol. The Morgan fingerprint density at radius 3 is 2.63 bits per heavy atom. The van der Waals surface area contributed by atoms with E-state index in [2.05, 4.69) is 48.8 Å². The second-order valence-electron chi connectivity index (χ2n) is 4.61. The van der Waals surface area contributed by atoms with Crippen LogP contribution in [0.2, 0.25) is 0 Å². The molecule has 0 aliphatic carbocycles. The Morgan fingerprint density at radius 2 is 2.00 bits per heavy atom. The summed E-state index contributed by atoms with van der Waals surface area (Å²) in [5.74, 6) is 0.948. The van der Waals surface area contributed by atoms with E-state index in [0.29, 0.717) is 6.04 Å². The van der Waals surface area contributed by atoms with Crippen molar-refractivity contribution in [3.63, 3.8) is 0 Å². The van der Waals surface area contributed by atoms with Crippen LogP contribution >= 0.6 is 11.3 Å². The van der Waals surface area contributed by atoms with Crippen LogP contribution in [0.1, 0.15) is 42.8 Å². The highest BCUT2D eigenvalue weighted by atomic mass is 32.1. The summed E-state index contributed by atoms with van der Waals surface area (Å²) in [4.78, 5) is 1.39. The van der Waals surface area contributed by atoms with Gasteiger partial charge in [0.1, 0.15) is 5.75 Å². The van der Waals surface area contributed by atoms with Gasteiger partial charge in [-0.05, 0) is 30.9 Å². The highest BCUT2D eigenvalue weighted by molar-refractivity contribution is 7.10. The smallest absolute Gasteiger partial charge is 0.123 e. The maximum absolute atomic E-state index is 5.43. The Balaban J connectivity index is 2.13. The van der Waals surface area contributed by atoms with Gasteiger partial charge in [-0.1, -0.05) is 31.2 Å². The number of nitrogens with one attached hydrogen (secondary N) is 1. The van der Waals surface area contributed by atoms with E-state index in [9.17, 15) is 0 Å². The number of benzene rings is 1.